The number of thioether (sulfide) groups is 1. The molecule has 1 aliphatic carbocycles. The average Bonchev–Trinajstić information content (AvgIpc) is 3.33. The van der Waals surface area contributed by atoms with Gasteiger partial charge in [-0.05, 0) is 91.2 Å². The molecule has 1 aromatic heterocycles. The first-order chi connectivity index (χ1) is 20.6. The minimum absolute atomic E-state index is 0.145. The summed E-state index contributed by atoms with van der Waals surface area (Å²) in [5, 5.41) is 20.3. The minimum Gasteiger partial charge on any atom is -0.332 e. The Morgan fingerprint density at radius 1 is 1.00 bits per heavy atom. The molecule has 3 N–H and O–H groups in total. The van der Waals surface area contributed by atoms with Gasteiger partial charge in [0, 0.05) is 21.1 Å². The summed E-state index contributed by atoms with van der Waals surface area (Å²) in [6.07, 6.45) is 2.89. The first-order valence-corrected chi connectivity index (χ1v) is 16.5. The third-order valence-electron chi connectivity index (χ3n) is 7.83. The van der Waals surface area contributed by atoms with Crippen LogP contribution in [0.4, 0.5) is 16.4 Å². The summed E-state index contributed by atoms with van der Waals surface area (Å²) in [5.74, 6) is 0.413. The summed E-state index contributed by atoms with van der Waals surface area (Å²) < 4.78 is 0. The van der Waals surface area contributed by atoms with E-state index < -0.39 is 5.25 Å². The predicted octanol–water partition coefficient (Wildman–Crippen LogP) is 9.36. The van der Waals surface area contributed by atoms with Gasteiger partial charge in [-0.25, -0.2) is 0 Å². The van der Waals surface area contributed by atoms with Gasteiger partial charge < -0.3 is 16.0 Å². The highest BCUT2D eigenvalue weighted by molar-refractivity contribution is 8.00. The molecule has 0 bridgehead atoms. The Balaban J connectivity index is 1.34. The molecule has 5 rings (SSSR count). The van der Waals surface area contributed by atoms with Crippen LogP contribution in [0, 0.1) is 29.6 Å². The van der Waals surface area contributed by atoms with E-state index >= 15 is 0 Å². The number of amides is 1. The molecule has 1 amide bonds. The van der Waals surface area contributed by atoms with Crippen molar-refractivity contribution in [2.24, 2.45) is 11.3 Å². The van der Waals surface area contributed by atoms with Gasteiger partial charge in [-0.2, -0.15) is 5.26 Å². The van der Waals surface area contributed by atoms with Crippen LogP contribution in [0.2, 0.25) is 0 Å². The van der Waals surface area contributed by atoms with E-state index in [1.54, 1.807) is 11.3 Å². The van der Waals surface area contributed by atoms with Gasteiger partial charge >= 0.3 is 0 Å². The topological polar surface area (TPSA) is 76.9 Å². The lowest BCUT2D eigenvalue weighted by atomic mass is 9.72. The number of hydrogen-bond donors (Lipinski definition) is 3. The maximum absolute atomic E-state index is 13.9. The number of nitrogens with one attached hydrogen (secondary N) is 3. The van der Waals surface area contributed by atoms with Crippen molar-refractivity contribution in [3.8, 4) is 6.07 Å². The largest absolute Gasteiger partial charge is 0.332 e. The Kier molecular flexibility index (Phi) is 9.55. The van der Waals surface area contributed by atoms with Gasteiger partial charge in [-0.15, -0.1) is 23.1 Å². The maximum atomic E-state index is 13.9. The van der Waals surface area contributed by atoms with Crippen molar-refractivity contribution in [2.75, 3.05) is 16.0 Å². The van der Waals surface area contributed by atoms with Gasteiger partial charge in [-0.3, -0.25) is 4.79 Å². The molecule has 0 fully saturated rings. The fraction of sp³-hybridized carbons (Fsp3) is 0.286. The molecule has 0 aliphatic heterocycles. The third-order valence-corrected chi connectivity index (χ3v) is 10.5. The molecule has 1 aliphatic rings. The number of benzene rings is 3. The van der Waals surface area contributed by atoms with Crippen molar-refractivity contribution >= 4 is 62.7 Å². The van der Waals surface area contributed by atoms with E-state index in [2.05, 4.69) is 42.8 Å². The van der Waals surface area contributed by atoms with Gasteiger partial charge in [-0.1, -0.05) is 74.9 Å². The summed E-state index contributed by atoms with van der Waals surface area (Å²) in [4.78, 5) is 16.1. The zero-order chi connectivity index (χ0) is 30.6. The van der Waals surface area contributed by atoms with Crippen LogP contribution < -0.4 is 16.0 Å². The second-order valence-electron chi connectivity index (χ2n) is 12.0. The number of rotatable bonds is 7. The minimum atomic E-state index is -0.512. The smallest absolute Gasteiger partial charge is 0.243 e. The van der Waals surface area contributed by atoms with E-state index in [1.165, 1.54) is 22.2 Å². The predicted molar refractivity (Wildman–Crippen MR) is 185 cm³/mol. The number of nitriles is 1. The van der Waals surface area contributed by atoms with E-state index in [9.17, 15) is 10.1 Å². The fourth-order valence-electron chi connectivity index (χ4n) is 5.32. The van der Waals surface area contributed by atoms with Crippen LogP contribution in [0.1, 0.15) is 59.6 Å². The van der Waals surface area contributed by atoms with Crippen molar-refractivity contribution in [1.29, 1.82) is 5.26 Å². The van der Waals surface area contributed by atoms with Crippen LogP contribution in [0.15, 0.2) is 83.8 Å². The highest BCUT2D eigenvalue weighted by Gasteiger charge is 2.33. The van der Waals surface area contributed by atoms with Crippen LogP contribution in [0.25, 0.3) is 0 Å². The van der Waals surface area contributed by atoms with Crippen molar-refractivity contribution in [1.82, 2.24) is 0 Å². The lowest BCUT2D eigenvalue weighted by Gasteiger charge is -2.33. The molecule has 43 heavy (non-hydrogen) atoms. The number of thiophene rings is 1. The first-order valence-electron chi connectivity index (χ1n) is 14.4. The summed E-state index contributed by atoms with van der Waals surface area (Å²) in [6.45, 7) is 8.89. The number of aryl methyl sites for hydroxylation is 1. The number of thiocarbonyl (C=S) groups is 1. The maximum Gasteiger partial charge on any atom is 0.243 e. The van der Waals surface area contributed by atoms with Crippen LogP contribution in [-0.4, -0.2) is 11.0 Å². The second-order valence-corrected chi connectivity index (χ2v) is 14.7. The van der Waals surface area contributed by atoms with Crippen molar-refractivity contribution in [3.05, 3.63) is 106 Å². The Labute approximate surface area is 268 Å². The van der Waals surface area contributed by atoms with Crippen LogP contribution in [-0.2, 0) is 17.6 Å². The number of nitrogens with zero attached hydrogens (tertiary/aromatic N) is 1. The molecule has 0 radical (unpaired) electrons. The van der Waals surface area contributed by atoms with Crippen LogP contribution >= 0.6 is 35.3 Å². The van der Waals surface area contributed by atoms with E-state index in [-0.39, 0.29) is 11.3 Å². The standard InChI is InChI=1S/C35H36N4OS3/c1-22-13-16-25(17-14-22)37-34(41)38-26-11-8-12-27(20-26)42-31(23-9-6-5-7-10-23)32(40)39-33-29(21-36)28-18-15-24(35(2,3)4)19-30(28)43-33/h5-14,16-17,20,24,31H,15,18-19H2,1-4H3,(H,39,40)(H2,37,38,41). The van der Waals surface area contributed by atoms with Gasteiger partial charge in [0.1, 0.15) is 16.3 Å². The first kappa shape index (κ1) is 30.8. The second kappa shape index (κ2) is 13.3. The van der Waals surface area contributed by atoms with Crippen molar-refractivity contribution in [2.45, 2.75) is 57.1 Å². The Hall–Kier alpha value is -3.64. The highest BCUT2D eigenvalue weighted by atomic mass is 32.2. The molecule has 0 saturated carbocycles. The van der Waals surface area contributed by atoms with E-state index in [1.807, 2.05) is 85.8 Å². The summed E-state index contributed by atoms with van der Waals surface area (Å²) in [6, 6.07) is 28.1. The molecule has 4 aromatic rings. The lowest BCUT2D eigenvalue weighted by Crippen LogP contribution is -2.26. The van der Waals surface area contributed by atoms with Gasteiger partial charge in [0.15, 0.2) is 5.11 Å². The lowest BCUT2D eigenvalue weighted by molar-refractivity contribution is -0.115. The molecule has 3 aromatic carbocycles. The molecular weight excluding hydrogens is 589 g/mol. The molecule has 2 unspecified atom stereocenters. The number of carbonyl (C=O) groups is 1. The SMILES string of the molecule is Cc1ccc(NC(=S)Nc2cccc(SC(C(=O)Nc3sc4c(c3C#N)CCC(C(C)(C)C)C4)c3ccccc3)c2)cc1. The normalized spacial score (nSPS) is 15.1. The van der Waals surface area contributed by atoms with E-state index in [0.717, 1.165) is 46.7 Å². The van der Waals surface area contributed by atoms with Crippen molar-refractivity contribution < 1.29 is 4.79 Å². The zero-order valence-corrected chi connectivity index (χ0v) is 27.3. The monoisotopic (exact) mass is 624 g/mol. The molecular formula is C35H36N4OS3. The quantitative estimate of drug-likeness (QED) is 0.141. The number of carbonyl (C=O) groups excluding carboxylic acids is 1. The average molecular weight is 625 g/mol. The third kappa shape index (κ3) is 7.66. The number of hydrogen-bond acceptors (Lipinski definition) is 5. The number of fused-ring (bicyclic) bond motifs is 1. The van der Waals surface area contributed by atoms with Gasteiger partial charge in [0.2, 0.25) is 5.91 Å². The van der Waals surface area contributed by atoms with Crippen LogP contribution in [0.3, 0.4) is 0 Å². The Morgan fingerprint density at radius 2 is 1.72 bits per heavy atom. The fourth-order valence-corrected chi connectivity index (χ4v) is 7.92. The zero-order valence-electron chi connectivity index (χ0n) is 24.9. The number of anilines is 3. The van der Waals surface area contributed by atoms with Gasteiger partial charge in [0.25, 0.3) is 0 Å². The summed E-state index contributed by atoms with van der Waals surface area (Å²) in [5.41, 5.74) is 5.76. The molecule has 0 spiro atoms. The van der Waals surface area contributed by atoms with E-state index in [0.29, 0.717) is 21.6 Å². The molecule has 5 nitrogen and oxygen atoms in total. The molecule has 220 valence electrons. The summed E-state index contributed by atoms with van der Waals surface area (Å²) in [7, 11) is 0. The van der Waals surface area contributed by atoms with Crippen LogP contribution in [0.5, 0.6) is 0 Å². The molecule has 0 saturated heterocycles. The Bertz CT molecular complexity index is 1650. The molecule has 2 atom stereocenters. The summed E-state index contributed by atoms with van der Waals surface area (Å²) >= 11 is 8.59. The van der Waals surface area contributed by atoms with Gasteiger partial charge in [0.05, 0.1) is 5.56 Å². The highest BCUT2D eigenvalue weighted by Crippen LogP contribution is 2.45. The molecule has 1 heterocycles. The molecule has 8 heteroatoms. The van der Waals surface area contributed by atoms with E-state index in [4.69, 9.17) is 12.2 Å². The Morgan fingerprint density at radius 3 is 2.42 bits per heavy atom. The van der Waals surface area contributed by atoms with Crippen molar-refractivity contribution in [3.63, 3.8) is 0 Å².